The van der Waals surface area contributed by atoms with E-state index in [9.17, 15) is 24.9 Å². The number of rotatable bonds is 12. The van der Waals surface area contributed by atoms with Crippen molar-refractivity contribution in [2.24, 2.45) is 0 Å². The van der Waals surface area contributed by atoms with Crippen LogP contribution in [0.15, 0.2) is 42.5 Å². The van der Waals surface area contributed by atoms with E-state index in [-0.39, 0.29) is 30.9 Å². The minimum atomic E-state index is -1.56. The number of hydrogen-bond donors (Lipinski definition) is 4. The Morgan fingerprint density at radius 2 is 1.81 bits per heavy atom. The van der Waals surface area contributed by atoms with Gasteiger partial charge in [-0.3, -0.25) is 9.59 Å². The van der Waals surface area contributed by atoms with Crippen molar-refractivity contribution in [3.05, 3.63) is 70.3 Å². The molecule has 0 radical (unpaired) electrons. The van der Waals surface area contributed by atoms with E-state index in [1.54, 1.807) is 18.7 Å². The predicted octanol–water partition coefficient (Wildman–Crippen LogP) is 2.80. The number of fused-ring (bicyclic) bond motifs is 2. The summed E-state index contributed by atoms with van der Waals surface area (Å²) in [7, 11) is 3.94. The molecule has 10 heteroatoms. The third-order valence-electron chi connectivity index (χ3n) is 10.3. The molecule has 3 fully saturated rings. The Labute approximate surface area is 279 Å². The van der Waals surface area contributed by atoms with Crippen molar-refractivity contribution in [2.75, 3.05) is 40.3 Å². The van der Waals surface area contributed by atoms with Gasteiger partial charge >= 0.3 is 0 Å². The Morgan fingerprint density at radius 3 is 2.51 bits per heavy atom. The third kappa shape index (κ3) is 7.58. The Balaban J connectivity index is 1.18. The van der Waals surface area contributed by atoms with Crippen LogP contribution in [0.5, 0.6) is 0 Å². The normalized spacial score (nSPS) is 27.7. The summed E-state index contributed by atoms with van der Waals surface area (Å²) in [6.45, 7) is 7.35. The van der Waals surface area contributed by atoms with E-state index in [4.69, 9.17) is 9.47 Å². The number of likely N-dealkylation sites (N-methyl/N-ethyl adjacent to an activating group) is 1. The standard InChI is InChI=1S/C37H53N3O7/c1-25-12-17-29(37-33(43)31(41)23-36(47-37,24-46-37)35(2,3)45)22-28(25)21-27-15-13-26(14-16-27)9-8-11-32(42)40-19-7-6-10-30(40)34(44)38-18-20-39(4)5/h12-17,22,30-31,33,41,43,45H,6-11,18-21,23-24H2,1-5H3,(H,38,44)/t30-,31-,33+,36+,37-/m0/s1. The van der Waals surface area contributed by atoms with Gasteiger partial charge in [0.15, 0.2) is 0 Å². The van der Waals surface area contributed by atoms with Gasteiger partial charge in [0.05, 0.1) is 18.3 Å². The number of carbonyl (C=O) groups is 2. The first-order valence-corrected chi connectivity index (χ1v) is 17.1. The van der Waals surface area contributed by atoms with E-state index in [0.717, 1.165) is 48.1 Å². The molecule has 5 rings (SSSR count). The Hall–Kier alpha value is -2.86. The summed E-state index contributed by atoms with van der Waals surface area (Å²) < 4.78 is 12.5. The molecule has 2 aromatic carbocycles. The van der Waals surface area contributed by atoms with Gasteiger partial charge < -0.3 is 39.9 Å². The number of benzene rings is 2. The number of aliphatic hydroxyl groups excluding tert-OH is 2. The zero-order valence-electron chi connectivity index (χ0n) is 28.6. The first kappa shape index (κ1) is 35.4. The third-order valence-corrected chi connectivity index (χ3v) is 10.3. The molecule has 2 amide bonds. The van der Waals surface area contributed by atoms with Gasteiger partial charge in [0.25, 0.3) is 0 Å². The summed E-state index contributed by atoms with van der Waals surface area (Å²) in [6, 6.07) is 13.8. The van der Waals surface area contributed by atoms with E-state index in [0.29, 0.717) is 44.3 Å². The van der Waals surface area contributed by atoms with Crippen LogP contribution in [0, 0.1) is 6.92 Å². The first-order valence-electron chi connectivity index (χ1n) is 17.1. The molecule has 3 aliphatic rings. The molecule has 0 unspecified atom stereocenters. The monoisotopic (exact) mass is 651 g/mol. The van der Waals surface area contributed by atoms with Gasteiger partial charge in [0, 0.05) is 38.0 Å². The average Bonchev–Trinajstić information content (AvgIpc) is 3.39. The van der Waals surface area contributed by atoms with Crippen molar-refractivity contribution in [3.63, 3.8) is 0 Å². The van der Waals surface area contributed by atoms with Crippen molar-refractivity contribution in [2.45, 2.75) is 107 Å². The maximum atomic E-state index is 13.1. The van der Waals surface area contributed by atoms with Gasteiger partial charge in [-0.25, -0.2) is 0 Å². The fraction of sp³-hybridized carbons (Fsp3) is 0.622. The molecule has 2 aromatic rings. The second kappa shape index (κ2) is 14.3. The van der Waals surface area contributed by atoms with Gasteiger partial charge in [0.2, 0.25) is 17.6 Å². The van der Waals surface area contributed by atoms with E-state index >= 15 is 0 Å². The second-order valence-corrected chi connectivity index (χ2v) is 14.5. The minimum absolute atomic E-state index is 0.0473. The van der Waals surface area contributed by atoms with Crippen LogP contribution in [0.2, 0.25) is 0 Å². The molecule has 2 bridgehead atoms. The minimum Gasteiger partial charge on any atom is -0.390 e. The lowest BCUT2D eigenvalue weighted by Gasteiger charge is -2.48. The molecule has 3 aliphatic heterocycles. The molecule has 258 valence electrons. The highest BCUT2D eigenvalue weighted by atomic mass is 16.8. The van der Waals surface area contributed by atoms with Gasteiger partial charge in [0.1, 0.15) is 17.7 Å². The molecule has 3 heterocycles. The molecule has 0 saturated carbocycles. The lowest BCUT2D eigenvalue weighted by atomic mass is 9.77. The van der Waals surface area contributed by atoms with Crippen LogP contribution in [-0.4, -0.2) is 107 Å². The van der Waals surface area contributed by atoms with E-state index in [2.05, 4.69) is 29.6 Å². The zero-order chi connectivity index (χ0) is 34.0. The highest BCUT2D eigenvalue weighted by molar-refractivity contribution is 5.87. The van der Waals surface area contributed by atoms with Crippen LogP contribution in [0.4, 0.5) is 0 Å². The summed E-state index contributed by atoms with van der Waals surface area (Å²) in [6.07, 6.45) is 2.83. The van der Waals surface area contributed by atoms with Crippen LogP contribution in [0.1, 0.15) is 80.2 Å². The smallest absolute Gasteiger partial charge is 0.242 e. The summed E-state index contributed by atoms with van der Waals surface area (Å²) in [4.78, 5) is 29.8. The van der Waals surface area contributed by atoms with Crippen molar-refractivity contribution in [3.8, 4) is 0 Å². The molecule has 0 aliphatic carbocycles. The summed E-state index contributed by atoms with van der Waals surface area (Å²) in [5, 5.41) is 35.7. The number of nitrogens with one attached hydrogen (secondary N) is 1. The van der Waals surface area contributed by atoms with Crippen LogP contribution in [-0.2, 0) is 37.7 Å². The topological polar surface area (TPSA) is 132 Å². The van der Waals surface area contributed by atoms with Crippen LogP contribution in [0.3, 0.4) is 0 Å². The van der Waals surface area contributed by atoms with Crippen molar-refractivity contribution in [1.82, 2.24) is 15.1 Å². The van der Waals surface area contributed by atoms with Crippen LogP contribution in [0.25, 0.3) is 0 Å². The molecule has 3 saturated heterocycles. The second-order valence-electron chi connectivity index (χ2n) is 14.5. The van der Waals surface area contributed by atoms with Gasteiger partial charge in [-0.2, -0.15) is 0 Å². The van der Waals surface area contributed by atoms with Crippen molar-refractivity contribution < 1.29 is 34.4 Å². The van der Waals surface area contributed by atoms with Crippen LogP contribution >= 0.6 is 0 Å². The summed E-state index contributed by atoms with van der Waals surface area (Å²) in [5.74, 6) is -1.56. The quantitative estimate of drug-likeness (QED) is 0.276. The van der Waals surface area contributed by atoms with E-state index in [1.165, 1.54) is 0 Å². The molecule has 10 nitrogen and oxygen atoms in total. The van der Waals surface area contributed by atoms with E-state index < -0.39 is 29.2 Å². The lowest BCUT2D eigenvalue weighted by Crippen LogP contribution is -2.62. The van der Waals surface area contributed by atoms with E-state index in [1.807, 2.05) is 44.1 Å². The number of nitrogens with zero attached hydrogens (tertiary/aromatic N) is 2. The Bertz CT molecular complexity index is 1410. The molecule has 0 spiro atoms. The maximum absolute atomic E-state index is 13.1. The molecule has 4 N–H and O–H groups in total. The number of piperidine rings is 1. The highest BCUT2D eigenvalue weighted by Crippen LogP contribution is 2.53. The molecule has 0 aromatic heterocycles. The number of carbonyl (C=O) groups excluding carboxylic acids is 2. The van der Waals surface area contributed by atoms with Gasteiger partial charge in [-0.1, -0.05) is 36.4 Å². The first-order chi connectivity index (χ1) is 22.2. The number of likely N-dealkylation sites (tertiary alicyclic amines) is 1. The summed E-state index contributed by atoms with van der Waals surface area (Å²) in [5.41, 5.74) is 2.58. The number of aryl methyl sites for hydroxylation is 2. The molecular weight excluding hydrogens is 598 g/mol. The van der Waals surface area contributed by atoms with Crippen molar-refractivity contribution in [1.29, 1.82) is 0 Å². The molecule has 5 atom stereocenters. The number of hydrogen-bond acceptors (Lipinski definition) is 8. The van der Waals surface area contributed by atoms with Crippen molar-refractivity contribution >= 4 is 11.8 Å². The lowest BCUT2D eigenvalue weighted by molar-refractivity contribution is -0.319. The van der Waals surface area contributed by atoms with Gasteiger partial charge in [-0.05, 0) is 102 Å². The number of amides is 2. The highest BCUT2D eigenvalue weighted by Gasteiger charge is 2.67. The predicted molar refractivity (Wildman–Crippen MR) is 179 cm³/mol. The van der Waals surface area contributed by atoms with Gasteiger partial charge in [-0.15, -0.1) is 0 Å². The fourth-order valence-electron chi connectivity index (χ4n) is 7.12. The van der Waals surface area contributed by atoms with Crippen LogP contribution < -0.4 is 5.32 Å². The number of aliphatic hydroxyl groups is 3. The Morgan fingerprint density at radius 1 is 1.09 bits per heavy atom. The fourth-order valence-corrected chi connectivity index (χ4v) is 7.12. The largest absolute Gasteiger partial charge is 0.390 e. The summed E-state index contributed by atoms with van der Waals surface area (Å²) >= 11 is 0. The zero-order valence-corrected chi connectivity index (χ0v) is 28.6. The Kier molecular flexibility index (Phi) is 10.8. The SMILES string of the molecule is Cc1ccc([C@@]23OC[C@@](C(C)(C)O)(C[C@H](O)[C@H]2O)O3)cc1Cc1ccc(CCCC(=O)N2CCCC[C@H]2C(=O)NCCN(C)C)cc1. The maximum Gasteiger partial charge on any atom is 0.242 e. The molecular formula is C37H53N3O7. The molecule has 47 heavy (non-hydrogen) atoms. The average molecular weight is 652 g/mol. The number of ether oxygens (including phenoxy) is 2.